The molecule has 0 saturated heterocycles. The number of nitrogens with one attached hydrogen (secondary N) is 1. The molecule has 0 radical (unpaired) electrons. The zero-order valence-electron chi connectivity index (χ0n) is 18.7. The molecule has 14 heteroatoms. The normalized spacial score (nSPS) is 12.0. The predicted molar refractivity (Wildman–Crippen MR) is 133 cm³/mol. The average Bonchev–Trinajstić information content (AvgIpc) is 3.26. The standard InChI is InChI=1S/C24H14Cl2F6N4OS/c25-16-3-1-13(2-4-16)21-34-35-22(36(21)19-7-5-17(26)6-8-19)38-12-20(37)33-18-10-14(23(27,28)29)9-15(11-18)24(30,31)32/h1-11H,12H2,(H,33,37). The van der Waals surface area contributed by atoms with Crippen LogP contribution in [0.4, 0.5) is 32.0 Å². The number of halogens is 8. The van der Waals surface area contributed by atoms with Gasteiger partial charge in [-0.25, -0.2) is 0 Å². The summed E-state index contributed by atoms with van der Waals surface area (Å²) in [5, 5.41) is 11.6. The number of hydrogen-bond donors (Lipinski definition) is 1. The van der Waals surface area contributed by atoms with E-state index >= 15 is 0 Å². The zero-order chi connectivity index (χ0) is 27.7. The van der Waals surface area contributed by atoms with Gasteiger partial charge in [-0.15, -0.1) is 10.2 Å². The molecule has 38 heavy (non-hydrogen) atoms. The van der Waals surface area contributed by atoms with Crippen molar-refractivity contribution in [3.8, 4) is 17.1 Å². The minimum Gasteiger partial charge on any atom is -0.325 e. The second-order valence-corrected chi connectivity index (χ2v) is 9.57. The van der Waals surface area contributed by atoms with E-state index in [1.54, 1.807) is 53.1 Å². The number of carbonyl (C=O) groups is 1. The Labute approximate surface area is 225 Å². The highest BCUT2D eigenvalue weighted by Gasteiger charge is 2.37. The van der Waals surface area contributed by atoms with Gasteiger partial charge in [0.1, 0.15) is 0 Å². The highest BCUT2D eigenvalue weighted by Crippen LogP contribution is 2.37. The summed E-state index contributed by atoms with van der Waals surface area (Å²) in [5.74, 6) is -0.829. The molecule has 1 heterocycles. The van der Waals surface area contributed by atoms with E-state index in [4.69, 9.17) is 23.2 Å². The van der Waals surface area contributed by atoms with Crippen LogP contribution < -0.4 is 5.32 Å². The van der Waals surface area contributed by atoms with Gasteiger partial charge in [0.2, 0.25) is 5.91 Å². The lowest BCUT2D eigenvalue weighted by atomic mass is 10.1. The van der Waals surface area contributed by atoms with Crippen LogP contribution in [0.1, 0.15) is 11.1 Å². The van der Waals surface area contributed by atoms with Crippen molar-refractivity contribution in [2.75, 3.05) is 11.1 Å². The van der Waals surface area contributed by atoms with Crippen LogP contribution in [0.5, 0.6) is 0 Å². The summed E-state index contributed by atoms with van der Waals surface area (Å²) >= 11 is 12.8. The Morgan fingerprint density at radius 3 is 1.87 bits per heavy atom. The van der Waals surface area contributed by atoms with Gasteiger partial charge in [-0.3, -0.25) is 9.36 Å². The molecule has 3 aromatic carbocycles. The van der Waals surface area contributed by atoms with Gasteiger partial charge >= 0.3 is 12.4 Å². The Morgan fingerprint density at radius 1 is 0.816 bits per heavy atom. The van der Waals surface area contributed by atoms with Crippen molar-refractivity contribution in [1.82, 2.24) is 14.8 Å². The smallest absolute Gasteiger partial charge is 0.325 e. The van der Waals surface area contributed by atoms with Crippen molar-refractivity contribution >= 4 is 46.6 Å². The van der Waals surface area contributed by atoms with Crippen LogP contribution >= 0.6 is 35.0 Å². The number of rotatable bonds is 6. The lowest BCUT2D eigenvalue weighted by Gasteiger charge is -2.15. The van der Waals surface area contributed by atoms with Gasteiger partial charge in [-0.1, -0.05) is 35.0 Å². The average molecular weight is 591 g/mol. The van der Waals surface area contributed by atoms with E-state index in [9.17, 15) is 31.1 Å². The number of anilines is 1. The summed E-state index contributed by atoms with van der Waals surface area (Å²) in [6.45, 7) is 0. The van der Waals surface area contributed by atoms with E-state index in [0.29, 0.717) is 39.3 Å². The van der Waals surface area contributed by atoms with Crippen molar-refractivity contribution in [3.05, 3.63) is 87.9 Å². The van der Waals surface area contributed by atoms with Gasteiger partial charge in [0.15, 0.2) is 11.0 Å². The fourth-order valence-corrected chi connectivity index (χ4v) is 4.33. The molecule has 4 aromatic rings. The molecule has 1 aromatic heterocycles. The van der Waals surface area contributed by atoms with Crippen molar-refractivity contribution < 1.29 is 31.1 Å². The van der Waals surface area contributed by atoms with E-state index in [2.05, 4.69) is 15.5 Å². The maximum atomic E-state index is 13.1. The van der Waals surface area contributed by atoms with Crippen LogP contribution in [0, 0.1) is 0 Å². The molecule has 0 saturated carbocycles. The molecule has 198 valence electrons. The Kier molecular flexibility index (Phi) is 7.96. The molecular formula is C24H14Cl2F6N4OS. The van der Waals surface area contributed by atoms with Gasteiger partial charge in [-0.2, -0.15) is 26.3 Å². The molecule has 0 aliphatic heterocycles. The van der Waals surface area contributed by atoms with E-state index in [1.165, 1.54) is 0 Å². The van der Waals surface area contributed by atoms with E-state index in [-0.39, 0.29) is 17.0 Å². The minimum absolute atomic E-state index is 0.0166. The fourth-order valence-electron chi connectivity index (χ4n) is 3.33. The molecule has 0 unspecified atom stereocenters. The Balaban J connectivity index is 1.60. The van der Waals surface area contributed by atoms with Crippen LogP contribution in [0.2, 0.25) is 10.0 Å². The molecule has 0 aliphatic rings. The first-order valence-corrected chi connectivity index (χ1v) is 12.2. The van der Waals surface area contributed by atoms with Crippen molar-refractivity contribution in [3.63, 3.8) is 0 Å². The van der Waals surface area contributed by atoms with Crippen LogP contribution in [0.25, 0.3) is 17.1 Å². The topological polar surface area (TPSA) is 59.8 Å². The van der Waals surface area contributed by atoms with Crippen LogP contribution in [0.3, 0.4) is 0 Å². The maximum absolute atomic E-state index is 13.1. The lowest BCUT2D eigenvalue weighted by Crippen LogP contribution is -2.17. The molecule has 5 nitrogen and oxygen atoms in total. The van der Waals surface area contributed by atoms with E-state index in [1.807, 2.05) is 0 Å². The summed E-state index contributed by atoms with van der Waals surface area (Å²) in [7, 11) is 0. The Hall–Kier alpha value is -3.22. The Bertz CT molecular complexity index is 1420. The van der Waals surface area contributed by atoms with E-state index < -0.39 is 35.1 Å². The lowest BCUT2D eigenvalue weighted by molar-refractivity contribution is -0.143. The highest BCUT2D eigenvalue weighted by atomic mass is 35.5. The number of alkyl halides is 6. The van der Waals surface area contributed by atoms with Gasteiger partial charge in [0, 0.05) is 27.0 Å². The van der Waals surface area contributed by atoms with Gasteiger partial charge in [0.05, 0.1) is 16.9 Å². The molecule has 4 rings (SSSR count). The third-order valence-electron chi connectivity index (χ3n) is 5.02. The predicted octanol–water partition coefficient (Wildman–Crippen LogP) is 8.01. The summed E-state index contributed by atoms with van der Waals surface area (Å²) in [6, 6.07) is 14.2. The molecule has 0 spiro atoms. The molecule has 1 amide bonds. The van der Waals surface area contributed by atoms with Crippen molar-refractivity contribution in [2.45, 2.75) is 17.5 Å². The van der Waals surface area contributed by atoms with Crippen LogP contribution in [-0.2, 0) is 17.1 Å². The fraction of sp³-hybridized carbons (Fsp3) is 0.125. The number of amides is 1. The molecule has 0 aliphatic carbocycles. The summed E-state index contributed by atoms with van der Waals surface area (Å²) < 4.78 is 80.3. The van der Waals surface area contributed by atoms with Crippen LogP contribution in [0.15, 0.2) is 71.9 Å². The zero-order valence-corrected chi connectivity index (χ0v) is 21.1. The van der Waals surface area contributed by atoms with Gasteiger partial charge in [0.25, 0.3) is 0 Å². The second-order valence-electron chi connectivity index (χ2n) is 7.76. The first kappa shape index (κ1) is 27.8. The quantitative estimate of drug-likeness (QED) is 0.182. The monoisotopic (exact) mass is 590 g/mol. The number of thioether (sulfide) groups is 1. The number of carbonyl (C=O) groups excluding carboxylic acids is 1. The van der Waals surface area contributed by atoms with Crippen molar-refractivity contribution in [1.29, 1.82) is 0 Å². The summed E-state index contributed by atoms with van der Waals surface area (Å²) in [5.41, 5.74) is -2.47. The third kappa shape index (κ3) is 6.61. The minimum atomic E-state index is -5.04. The third-order valence-corrected chi connectivity index (χ3v) is 6.46. The number of aromatic nitrogens is 3. The van der Waals surface area contributed by atoms with Gasteiger partial charge in [-0.05, 0) is 66.7 Å². The molecular weight excluding hydrogens is 577 g/mol. The highest BCUT2D eigenvalue weighted by molar-refractivity contribution is 7.99. The largest absolute Gasteiger partial charge is 0.416 e. The number of hydrogen-bond acceptors (Lipinski definition) is 4. The second kappa shape index (κ2) is 10.9. The van der Waals surface area contributed by atoms with Crippen LogP contribution in [-0.4, -0.2) is 26.4 Å². The molecule has 0 atom stereocenters. The maximum Gasteiger partial charge on any atom is 0.416 e. The Morgan fingerprint density at radius 2 is 1.34 bits per heavy atom. The number of nitrogens with zero attached hydrogens (tertiary/aromatic N) is 3. The van der Waals surface area contributed by atoms with Crippen molar-refractivity contribution in [2.24, 2.45) is 0 Å². The first-order valence-electron chi connectivity index (χ1n) is 10.5. The first-order chi connectivity index (χ1) is 17.8. The molecule has 1 N–H and O–H groups in total. The molecule has 0 bridgehead atoms. The summed E-state index contributed by atoms with van der Waals surface area (Å²) in [6.07, 6.45) is -10.1. The van der Waals surface area contributed by atoms with Gasteiger partial charge < -0.3 is 5.32 Å². The van der Waals surface area contributed by atoms with E-state index in [0.717, 1.165) is 11.8 Å². The number of benzene rings is 3. The molecule has 0 fully saturated rings. The summed E-state index contributed by atoms with van der Waals surface area (Å²) in [4.78, 5) is 12.5. The SMILES string of the molecule is O=C(CSc1nnc(-c2ccc(Cl)cc2)n1-c1ccc(Cl)cc1)Nc1cc(C(F)(F)F)cc(C(F)(F)F)c1.